The average molecular weight is 195 g/mol. The molecule has 0 spiro atoms. The fourth-order valence-electron chi connectivity index (χ4n) is 1.81. The maximum Gasteiger partial charge on any atom is 0.122 e. The number of aromatic nitrogens is 2. The van der Waals surface area contributed by atoms with Gasteiger partial charge in [0, 0.05) is 31.6 Å². The number of H-pyrrole nitrogens is 1. The molecule has 0 radical (unpaired) electrons. The van der Waals surface area contributed by atoms with Crippen molar-refractivity contribution < 1.29 is 4.74 Å². The van der Waals surface area contributed by atoms with E-state index in [0.29, 0.717) is 12.1 Å². The van der Waals surface area contributed by atoms with Crippen molar-refractivity contribution in [1.82, 2.24) is 15.3 Å². The van der Waals surface area contributed by atoms with Gasteiger partial charge in [-0.15, -0.1) is 0 Å². The minimum atomic E-state index is 0.299. The quantitative estimate of drug-likeness (QED) is 0.763. The Labute approximate surface area is 84.1 Å². The molecular weight excluding hydrogens is 178 g/mol. The Morgan fingerprint density at radius 2 is 2.36 bits per heavy atom. The SMILES string of the molecule is CC(NC1CCOCC1)c1ncc[nH]1. The van der Waals surface area contributed by atoms with Gasteiger partial charge >= 0.3 is 0 Å². The fraction of sp³-hybridized carbons (Fsp3) is 0.700. The fourth-order valence-corrected chi connectivity index (χ4v) is 1.81. The van der Waals surface area contributed by atoms with E-state index in [2.05, 4.69) is 22.2 Å². The van der Waals surface area contributed by atoms with Crippen molar-refractivity contribution in [3.8, 4) is 0 Å². The maximum atomic E-state index is 5.31. The van der Waals surface area contributed by atoms with E-state index in [-0.39, 0.29) is 0 Å². The van der Waals surface area contributed by atoms with Gasteiger partial charge in [0.2, 0.25) is 0 Å². The second-order valence-corrected chi connectivity index (χ2v) is 3.75. The van der Waals surface area contributed by atoms with Crippen molar-refractivity contribution in [2.75, 3.05) is 13.2 Å². The van der Waals surface area contributed by atoms with Crippen LogP contribution in [-0.2, 0) is 4.74 Å². The first-order chi connectivity index (χ1) is 6.86. The third kappa shape index (κ3) is 2.33. The van der Waals surface area contributed by atoms with Crippen LogP contribution in [0.25, 0.3) is 0 Å². The zero-order valence-electron chi connectivity index (χ0n) is 8.49. The standard InChI is InChI=1S/C10H17N3O/c1-8(10-11-4-5-12-10)13-9-2-6-14-7-3-9/h4-5,8-9,13H,2-3,6-7H2,1H3,(H,11,12). The summed E-state index contributed by atoms with van der Waals surface area (Å²) < 4.78 is 5.31. The molecule has 2 heterocycles. The molecule has 1 aromatic rings. The van der Waals surface area contributed by atoms with Gasteiger partial charge < -0.3 is 15.0 Å². The van der Waals surface area contributed by atoms with Crippen LogP contribution < -0.4 is 5.32 Å². The van der Waals surface area contributed by atoms with Crippen molar-refractivity contribution in [3.63, 3.8) is 0 Å². The van der Waals surface area contributed by atoms with Crippen LogP contribution in [-0.4, -0.2) is 29.2 Å². The molecule has 0 amide bonds. The number of rotatable bonds is 3. The van der Waals surface area contributed by atoms with Gasteiger partial charge in [0.15, 0.2) is 0 Å². The highest BCUT2D eigenvalue weighted by atomic mass is 16.5. The number of hydrogen-bond acceptors (Lipinski definition) is 3. The van der Waals surface area contributed by atoms with Gasteiger partial charge in [-0.05, 0) is 19.8 Å². The summed E-state index contributed by atoms with van der Waals surface area (Å²) in [6.07, 6.45) is 5.85. The molecular formula is C10H17N3O. The van der Waals surface area contributed by atoms with Gasteiger partial charge in [-0.25, -0.2) is 4.98 Å². The van der Waals surface area contributed by atoms with Crippen LogP contribution in [0.2, 0.25) is 0 Å². The number of aromatic amines is 1. The van der Waals surface area contributed by atoms with Crippen molar-refractivity contribution in [1.29, 1.82) is 0 Å². The minimum absolute atomic E-state index is 0.299. The maximum absolute atomic E-state index is 5.31. The first-order valence-electron chi connectivity index (χ1n) is 5.19. The van der Waals surface area contributed by atoms with Crippen LogP contribution in [0.5, 0.6) is 0 Å². The lowest BCUT2D eigenvalue weighted by molar-refractivity contribution is 0.0752. The lowest BCUT2D eigenvalue weighted by atomic mass is 10.1. The molecule has 0 bridgehead atoms. The molecule has 1 atom stereocenters. The van der Waals surface area contributed by atoms with Gasteiger partial charge in [-0.1, -0.05) is 0 Å². The number of nitrogens with zero attached hydrogens (tertiary/aromatic N) is 1. The molecule has 0 saturated carbocycles. The summed E-state index contributed by atoms with van der Waals surface area (Å²) in [5.74, 6) is 1.01. The third-order valence-electron chi connectivity index (χ3n) is 2.64. The molecule has 1 saturated heterocycles. The molecule has 4 heteroatoms. The van der Waals surface area contributed by atoms with Gasteiger partial charge in [0.1, 0.15) is 5.82 Å². The Morgan fingerprint density at radius 1 is 1.57 bits per heavy atom. The highest BCUT2D eigenvalue weighted by molar-refractivity contribution is 4.94. The average Bonchev–Trinajstić information content (AvgIpc) is 2.72. The Kier molecular flexibility index (Phi) is 3.16. The predicted octanol–water partition coefficient (Wildman–Crippen LogP) is 1.24. The Balaban J connectivity index is 1.84. The van der Waals surface area contributed by atoms with Crippen molar-refractivity contribution in [2.45, 2.75) is 31.8 Å². The molecule has 14 heavy (non-hydrogen) atoms. The van der Waals surface area contributed by atoms with E-state index in [1.807, 2.05) is 6.20 Å². The molecule has 0 aliphatic carbocycles. The Hall–Kier alpha value is -0.870. The van der Waals surface area contributed by atoms with E-state index in [4.69, 9.17) is 4.74 Å². The summed E-state index contributed by atoms with van der Waals surface area (Å²) in [7, 11) is 0. The summed E-state index contributed by atoms with van der Waals surface area (Å²) >= 11 is 0. The van der Waals surface area contributed by atoms with Crippen molar-refractivity contribution >= 4 is 0 Å². The second kappa shape index (κ2) is 4.57. The van der Waals surface area contributed by atoms with Crippen molar-refractivity contribution in [2.24, 2.45) is 0 Å². The highest BCUT2D eigenvalue weighted by Crippen LogP contribution is 2.12. The van der Waals surface area contributed by atoms with Crippen LogP contribution >= 0.6 is 0 Å². The van der Waals surface area contributed by atoms with Crippen LogP contribution in [0.3, 0.4) is 0 Å². The van der Waals surface area contributed by atoms with Gasteiger partial charge in [0.25, 0.3) is 0 Å². The zero-order chi connectivity index (χ0) is 9.80. The molecule has 1 fully saturated rings. The van der Waals surface area contributed by atoms with E-state index >= 15 is 0 Å². The van der Waals surface area contributed by atoms with E-state index in [0.717, 1.165) is 31.9 Å². The molecule has 2 rings (SSSR count). The molecule has 0 aromatic carbocycles. The van der Waals surface area contributed by atoms with Gasteiger partial charge in [0.05, 0.1) is 6.04 Å². The first kappa shape index (κ1) is 9.68. The van der Waals surface area contributed by atoms with Gasteiger partial charge in [-0.2, -0.15) is 0 Å². The van der Waals surface area contributed by atoms with E-state index < -0.39 is 0 Å². The summed E-state index contributed by atoms with van der Waals surface area (Å²) in [6, 6.07) is 0.872. The van der Waals surface area contributed by atoms with Crippen LogP contribution in [0.1, 0.15) is 31.6 Å². The lowest BCUT2D eigenvalue weighted by Gasteiger charge is -2.25. The Bertz CT molecular complexity index is 254. The smallest absolute Gasteiger partial charge is 0.122 e. The monoisotopic (exact) mass is 195 g/mol. The lowest BCUT2D eigenvalue weighted by Crippen LogP contribution is -2.36. The van der Waals surface area contributed by atoms with Gasteiger partial charge in [-0.3, -0.25) is 0 Å². The number of ether oxygens (including phenoxy) is 1. The molecule has 1 aliphatic rings. The largest absolute Gasteiger partial charge is 0.381 e. The molecule has 2 N–H and O–H groups in total. The zero-order valence-corrected chi connectivity index (χ0v) is 8.49. The predicted molar refractivity (Wildman–Crippen MR) is 54.0 cm³/mol. The van der Waals surface area contributed by atoms with Crippen LogP contribution in [0.15, 0.2) is 12.4 Å². The highest BCUT2D eigenvalue weighted by Gasteiger charge is 2.17. The van der Waals surface area contributed by atoms with Crippen molar-refractivity contribution in [3.05, 3.63) is 18.2 Å². The van der Waals surface area contributed by atoms with E-state index in [1.54, 1.807) is 6.20 Å². The third-order valence-corrected chi connectivity index (χ3v) is 2.64. The summed E-state index contributed by atoms with van der Waals surface area (Å²) in [5.41, 5.74) is 0. The topological polar surface area (TPSA) is 49.9 Å². The Morgan fingerprint density at radius 3 is 3.00 bits per heavy atom. The second-order valence-electron chi connectivity index (χ2n) is 3.75. The van der Waals surface area contributed by atoms with E-state index in [1.165, 1.54) is 0 Å². The van der Waals surface area contributed by atoms with Crippen LogP contribution in [0.4, 0.5) is 0 Å². The summed E-state index contributed by atoms with van der Waals surface area (Å²) in [5, 5.41) is 3.55. The number of nitrogens with one attached hydrogen (secondary N) is 2. The molecule has 4 nitrogen and oxygen atoms in total. The molecule has 78 valence electrons. The first-order valence-corrected chi connectivity index (χ1v) is 5.19. The normalized spacial score (nSPS) is 20.9. The van der Waals surface area contributed by atoms with E-state index in [9.17, 15) is 0 Å². The number of imidazole rings is 1. The molecule has 1 aliphatic heterocycles. The van der Waals surface area contributed by atoms with Crippen LogP contribution in [0, 0.1) is 0 Å². The molecule has 1 unspecified atom stereocenters. The summed E-state index contributed by atoms with van der Waals surface area (Å²) in [6.45, 7) is 3.89. The minimum Gasteiger partial charge on any atom is -0.381 e. The molecule has 1 aromatic heterocycles. The number of hydrogen-bond donors (Lipinski definition) is 2. The summed E-state index contributed by atoms with van der Waals surface area (Å²) in [4.78, 5) is 7.35.